The van der Waals surface area contributed by atoms with Crippen LogP contribution in [0.3, 0.4) is 0 Å². The number of hydrogen-bond acceptors (Lipinski definition) is 8. The van der Waals surface area contributed by atoms with Gasteiger partial charge < -0.3 is 19.5 Å². The van der Waals surface area contributed by atoms with Gasteiger partial charge in [0.2, 0.25) is 5.76 Å². The molecule has 0 radical (unpaired) electrons. The maximum Gasteiger partial charge on any atom is 0.333 e. The molecular formula is C34H29N3O5S2. The highest BCUT2D eigenvalue weighted by Crippen LogP contribution is 2.41. The van der Waals surface area contributed by atoms with Gasteiger partial charge in [-0.05, 0) is 78.7 Å². The van der Waals surface area contributed by atoms with Gasteiger partial charge in [0, 0.05) is 32.1 Å². The fourth-order valence-corrected chi connectivity index (χ4v) is 6.20. The topological polar surface area (TPSA) is 104 Å². The quantitative estimate of drug-likeness (QED) is 0.0351. The van der Waals surface area contributed by atoms with Crippen LogP contribution in [0.25, 0.3) is 27.4 Å². The second-order valence-corrected chi connectivity index (χ2v) is 11.7. The molecule has 2 aromatic heterocycles. The molecule has 0 saturated carbocycles. The smallest absolute Gasteiger partial charge is 0.333 e. The molecular weight excluding hydrogens is 595 g/mol. The van der Waals surface area contributed by atoms with Crippen LogP contribution in [0.2, 0.25) is 0 Å². The fourth-order valence-electron chi connectivity index (χ4n) is 4.26. The van der Waals surface area contributed by atoms with Gasteiger partial charge in [0.15, 0.2) is 0 Å². The molecule has 2 aromatic carbocycles. The van der Waals surface area contributed by atoms with Gasteiger partial charge in [-0.2, -0.15) is 5.26 Å². The van der Waals surface area contributed by atoms with Crippen LogP contribution in [-0.4, -0.2) is 24.2 Å². The molecule has 0 unspecified atom stereocenters. The van der Waals surface area contributed by atoms with Gasteiger partial charge in [0.25, 0.3) is 12.2 Å². The Hall–Kier alpha value is -5.16. The third kappa shape index (κ3) is 8.45. The molecule has 0 spiro atoms. The van der Waals surface area contributed by atoms with Crippen LogP contribution in [0.15, 0.2) is 84.3 Å². The maximum absolute atomic E-state index is 11.4. The summed E-state index contributed by atoms with van der Waals surface area (Å²) in [5.74, 6) is -0.552. The molecule has 0 amide bonds. The lowest BCUT2D eigenvalue weighted by Crippen LogP contribution is -2.08. The van der Waals surface area contributed by atoms with Gasteiger partial charge in [-0.1, -0.05) is 38.3 Å². The normalized spacial score (nSPS) is 11.3. The van der Waals surface area contributed by atoms with Crippen molar-refractivity contribution in [1.29, 1.82) is 5.26 Å². The largest absolute Gasteiger partial charge is 0.494 e. The molecule has 44 heavy (non-hydrogen) atoms. The number of rotatable bonds is 15. The summed E-state index contributed by atoms with van der Waals surface area (Å²) >= 11 is 2.84. The summed E-state index contributed by atoms with van der Waals surface area (Å²) in [7, 11) is 0. The molecule has 0 saturated heterocycles. The third-order valence-corrected chi connectivity index (χ3v) is 8.51. The number of allylic oxidation sites excluding steroid dienone is 1. The van der Waals surface area contributed by atoms with E-state index in [4.69, 9.17) is 16.6 Å². The number of carbonyl (C=O) groups excluding carboxylic acids is 1. The van der Waals surface area contributed by atoms with E-state index in [9.17, 15) is 14.7 Å². The summed E-state index contributed by atoms with van der Waals surface area (Å²) in [5.41, 5.74) is 2.39. The Morgan fingerprint density at radius 2 is 1.64 bits per heavy atom. The number of carboxylic acid groups (broad SMARTS) is 1. The van der Waals surface area contributed by atoms with E-state index in [1.54, 1.807) is 6.07 Å². The van der Waals surface area contributed by atoms with Crippen LogP contribution in [0.1, 0.15) is 42.4 Å². The van der Waals surface area contributed by atoms with E-state index in [-0.39, 0.29) is 17.9 Å². The highest BCUT2D eigenvalue weighted by molar-refractivity contribution is 7.17. The molecule has 0 fully saturated rings. The van der Waals surface area contributed by atoms with E-state index in [1.165, 1.54) is 47.7 Å². The summed E-state index contributed by atoms with van der Waals surface area (Å²) < 4.78 is 10.6. The Morgan fingerprint density at radius 1 is 0.955 bits per heavy atom. The lowest BCUT2D eigenvalue weighted by Gasteiger charge is -2.24. The molecule has 10 heteroatoms. The minimum atomic E-state index is -1.26. The first kappa shape index (κ1) is 31.8. The van der Waals surface area contributed by atoms with Crippen molar-refractivity contribution in [2.75, 3.05) is 11.5 Å². The van der Waals surface area contributed by atoms with Crippen molar-refractivity contribution >= 4 is 63.6 Å². The van der Waals surface area contributed by atoms with Gasteiger partial charge in [-0.3, -0.25) is 9.59 Å². The highest BCUT2D eigenvalue weighted by atomic mass is 32.1. The maximum atomic E-state index is 11.4. The lowest BCUT2D eigenvalue weighted by atomic mass is 10.1. The number of carboxylic acids is 1. The standard InChI is InChI=1S/C34H29N3O5S2/c1-3-4-5-6-19-41-27-13-11-26(12-14-27)37(33-18-16-30(44-33)21-31(36-2)34(39)40)25-9-7-24(8-10-25)32-17-15-29(43-32)20-28(22-35)42-23-38/h7-18,20-21,23H,3-6,19H2,1H3,(H,39,40)/b28-20+,31-21-. The second kappa shape index (κ2) is 15.9. The first-order valence-corrected chi connectivity index (χ1v) is 15.5. The van der Waals surface area contributed by atoms with E-state index in [0.717, 1.165) is 50.3 Å². The number of nitriles is 1. The van der Waals surface area contributed by atoms with E-state index in [2.05, 4.69) is 21.4 Å². The number of aliphatic carboxylic acids is 1. The predicted molar refractivity (Wildman–Crippen MR) is 175 cm³/mol. The molecule has 0 aliphatic heterocycles. The molecule has 4 rings (SSSR count). The van der Waals surface area contributed by atoms with Gasteiger partial charge in [0.1, 0.15) is 16.8 Å². The average molecular weight is 624 g/mol. The number of anilines is 3. The molecule has 1 N–H and O–H groups in total. The zero-order chi connectivity index (χ0) is 31.3. The van der Waals surface area contributed by atoms with Crippen molar-refractivity contribution in [2.45, 2.75) is 32.6 Å². The molecule has 0 aliphatic rings. The van der Waals surface area contributed by atoms with E-state index >= 15 is 0 Å². The number of nitrogens with zero attached hydrogens (tertiary/aromatic N) is 3. The Bertz CT molecular complexity index is 1720. The summed E-state index contributed by atoms with van der Waals surface area (Å²) in [6.07, 6.45) is 7.42. The zero-order valence-corrected chi connectivity index (χ0v) is 25.6. The minimum Gasteiger partial charge on any atom is -0.494 e. The predicted octanol–water partition coefficient (Wildman–Crippen LogP) is 9.29. The number of benzene rings is 2. The molecule has 4 aromatic rings. The summed E-state index contributed by atoms with van der Waals surface area (Å²) in [6.45, 7) is 10.3. The summed E-state index contributed by atoms with van der Waals surface area (Å²) in [5, 5.41) is 19.3. The van der Waals surface area contributed by atoms with Crippen molar-refractivity contribution in [3.05, 3.63) is 105 Å². The Labute approximate surface area is 264 Å². The Kier molecular flexibility index (Phi) is 11.5. The molecule has 222 valence electrons. The fraction of sp³-hybridized carbons (Fsp3) is 0.176. The first-order chi connectivity index (χ1) is 21.4. The SMILES string of the molecule is [C-]#[N+]/C(=C\c1ccc(N(c2ccc(OCCCCCC)cc2)c2ccc(-c3ccc(/C=C(\C#N)OC=O)s3)cc2)s1)C(=O)O. The lowest BCUT2D eigenvalue weighted by molar-refractivity contribution is -0.132. The molecule has 8 nitrogen and oxygen atoms in total. The van der Waals surface area contributed by atoms with Crippen molar-refractivity contribution in [1.82, 2.24) is 0 Å². The van der Waals surface area contributed by atoms with Crippen LogP contribution in [-0.2, 0) is 14.3 Å². The van der Waals surface area contributed by atoms with Gasteiger partial charge in [-0.15, -0.1) is 22.7 Å². The second-order valence-electron chi connectivity index (χ2n) is 9.44. The van der Waals surface area contributed by atoms with Gasteiger partial charge in [0.05, 0.1) is 13.2 Å². The van der Waals surface area contributed by atoms with Crippen LogP contribution in [0, 0.1) is 17.9 Å². The average Bonchev–Trinajstić information content (AvgIpc) is 3.70. The van der Waals surface area contributed by atoms with E-state index in [1.807, 2.05) is 72.8 Å². The minimum absolute atomic E-state index is 0.0793. The molecule has 0 bridgehead atoms. The Balaban J connectivity index is 1.63. The monoisotopic (exact) mass is 623 g/mol. The number of carbonyl (C=O) groups is 2. The van der Waals surface area contributed by atoms with Crippen LogP contribution in [0.4, 0.5) is 16.4 Å². The Morgan fingerprint density at radius 3 is 2.27 bits per heavy atom. The van der Waals surface area contributed by atoms with Gasteiger partial charge in [-0.25, -0.2) is 4.85 Å². The number of thiophene rings is 2. The van der Waals surface area contributed by atoms with E-state index < -0.39 is 5.97 Å². The van der Waals surface area contributed by atoms with Crippen molar-refractivity contribution in [3.63, 3.8) is 0 Å². The van der Waals surface area contributed by atoms with Crippen molar-refractivity contribution in [3.8, 4) is 22.3 Å². The third-order valence-electron chi connectivity index (χ3n) is 6.41. The molecule has 2 heterocycles. The van der Waals surface area contributed by atoms with Crippen molar-refractivity contribution in [2.24, 2.45) is 0 Å². The number of hydrogen-bond donors (Lipinski definition) is 1. The summed E-state index contributed by atoms with van der Waals surface area (Å²) in [4.78, 5) is 29.6. The van der Waals surface area contributed by atoms with E-state index in [0.29, 0.717) is 11.5 Å². The zero-order valence-electron chi connectivity index (χ0n) is 23.9. The van der Waals surface area contributed by atoms with Crippen molar-refractivity contribution < 1.29 is 24.2 Å². The van der Waals surface area contributed by atoms with Gasteiger partial charge >= 0.3 is 5.97 Å². The summed E-state index contributed by atoms with van der Waals surface area (Å²) in [6, 6.07) is 25.2. The number of unbranched alkanes of at least 4 members (excludes halogenated alkanes) is 3. The molecule has 0 aliphatic carbocycles. The number of ether oxygens (including phenoxy) is 2. The van der Waals surface area contributed by atoms with Crippen LogP contribution >= 0.6 is 22.7 Å². The molecule has 0 atom stereocenters. The van der Waals surface area contributed by atoms with Crippen LogP contribution in [0.5, 0.6) is 5.75 Å². The van der Waals surface area contributed by atoms with Crippen LogP contribution < -0.4 is 9.64 Å². The first-order valence-electron chi connectivity index (χ1n) is 13.8. The highest BCUT2D eigenvalue weighted by Gasteiger charge is 2.16.